The molecule has 7 nitrogen and oxygen atoms in total. The van der Waals surface area contributed by atoms with Gasteiger partial charge in [0, 0.05) is 22.8 Å². The van der Waals surface area contributed by atoms with Crippen LogP contribution in [0.2, 0.25) is 5.02 Å². The Balaban J connectivity index is 1.29. The van der Waals surface area contributed by atoms with Crippen molar-refractivity contribution < 1.29 is 19.1 Å². The molecule has 5 unspecified atom stereocenters. The number of likely N-dealkylation sites (tertiary alicyclic amines) is 1. The van der Waals surface area contributed by atoms with Gasteiger partial charge in [-0.2, -0.15) is 0 Å². The molecule has 0 aromatic heterocycles. The maximum absolute atomic E-state index is 13.8. The van der Waals surface area contributed by atoms with Gasteiger partial charge < -0.3 is 20.3 Å². The molecular formula is C26H30ClN3O4. The number of carbonyl (C=O) groups is 3. The highest BCUT2D eigenvalue weighted by molar-refractivity contribution is 6.31. The normalized spacial score (nSPS) is 34.4. The highest BCUT2D eigenvalue weighted by Gasteiger charge is 2.74. The number of nitrogens with zero attached hydrogens (tertiary/aromatic N) is 1. The zero-order chi connectivity index (χ0) is 23.6. The average Bonchev–Trinajstić information content (AvgIpc) is 3.41. The van der Waals surface area contributed by atoms with E-state index in [1.165, 1.54) is 6.42 Å². The molecule has 34 heavy (non-hydrogen) atoms. The highest BCUT2D eigenvalue weighted by atomic mass is 35.5. The van der Waals surface area contributed by atoms with Gasteiger partial charge >= 0.3 is 0 Å². The zero-order valence-corrected chi connectivity index (χ0v) is 20.0. The van der Waals surface area contributed by atoms with Gasteiger partial charge in [-0.3, -0.25) is 14.4 Å². The number of halogens is 1. The van der Waals surface area contributed by atoms with E-state index in [-0.39, 0.29) is 29.8 Å². The maximum Gasteiger partial charge on any atom is 0.246 e. The van der Waals surface area contributed by atoms with Crippen molar-refractivity contribution in [2.75, 3.05) is 5.32 Å². The molecule has 5 atom stereocenters. The second-order valence-electron chi connectivity index (χ2n) is 10.5. The SMILES string of the molecule is Cc1ccc(NC(=O)C2C3C=CC4(O3)C2C(=O)N(C2CC2)C4C(=O)NC2CCCCC2)cc1Cl. The summed E-state index contributed by atoms with van der Waals surface area (Å²) in [6.45, 7) is 1.90. The van der Waals surface area contributed by atoms with Gasteiger partial charge in [0.05, 0.1) is 17.9 Å². The van der Waals surface area contributed by atoms with E-state index in [9.17, 15) is 14.4 Å². The van der Waals surface area contributed by atoms with E-state index in [1.54, 1.807) is 17.0 Å². The number of ether oxygens (including phenoxy) is 1. The number of hydrogen-bond donors (Lipinski definition) is 2. The predicted molar refractivity (Wildman–Crippen MR) is 127 cm³/mol. The Kier molecular flexibility index (Phi) is 5.26. The molecule has 0 radical (unpaired) electrons. The fourth-order valence-electron chi connectivity index (χ4n) is 6.38. The van der Waals surface area contributed by atoms with Gasteiger partial charge in [0.25, 0.3) is 0 Å². The van der Waals surface area contributed by atoms with Crippen LogP contribution in [0.3, 0.4) is 0 Å². The Hall–Kier alpha value is -2.38. The quantitative estimate of drug-likeness (QED) is 0.629. The largest absolute Gasteiger partial charge is 0.359 e. The van der Waals surface area contributed by atoms with Crippen molar-refractivity contribution in [3.05, 3.63) is 40.9 Å². The molecule has 4 fully saturated rings. The minimum absolute atomic E-state index is 0.0465. The van der Waals surface area contributed by atoms with Crippen molar-refractivity contribution in [1.82, 2.24) is 10.2 Å². The van der Waals surface area contributed by atoms with Crippen LogP contribution in [0, 0.1) is 18.8 Å². The van der Waals surface area contributed by atoms with E-state index in [0.29, 0.717) is 10.7 Å². The number of nitrogens with one attached hydrogen (secondary N) is 2. The van der Waals surface area contributed by atoms with Crippen molar-refractivity contribution in [2.24, 2.45) is 11.8 Å². The van der Waals surface area contributed by atoms with Crippen LogP contribution in [-0.2, 0) is 19.1 Å². The number of carbonyl (C=O) groups excluding carboxylic acids is 3. The van der Waals surface area contributed by atoms with Crippen molar-refractivity contribution in [3.63, 3.8) is 0 Å². The lowest BCUT2D eigenvalue weighted by molar-refractivity contribution is -0.142. The molecule has 2 N–H and O–H groups in total. The van der Waals surface area contributed by atoms with Crippen LogP contribution in [0.25, 0.3) is 0 Å². The van der Waals surface area contributed by atoms with Crippen LogP contribution in [-0.4, -0.2) is 52.5 Å². The first kappa shape index (κ1) is 22.1. The van der Waals surface area contributed by atoms with E-state index in [1.807, 2.05) is 25.1 Å². The highest BCUT2D eigenvalue weighted by Crippen LogP contribution is 2.57. The lowest BCUT2D eigenvalue weighted by Crippen LogP contribution is -2.57. The van der Waals surface area contributed by atoms with Crippen LogP contribution in [0.5, 0.6) is 0 Å². The van der Waals surface area contributed by atoms with Crippen molar-refractivity contribution in [3.8, 4) is 0 Å². The van der Waals surface area contributed by atoms with E-state index in [2.05, 4.69) is 10.6 Å². The van der Waals surface area contributed by atoms with Crippen molar-refractivity contribution in [2.45, 2.75) is 81.7 Å². The second-order valence-corrected chi connectivity index (χ2v) is 10.9. The number of anilines is 1. The third-order valence-corrected chi connectivity index (χ3v) is 8.60. The van der Waals surface area contributed by atoms with Gasteiger partial charge in [0.1, 0.15) is 11.6 Å². The first-order chi connectivity index (χ1) is 16.4. The Bertz CT molecular complexity index is 1080. The lowest BCUT2D eigenvalue weighted by Gasteiger charge is -2.34. The molecule has 1 aromatic rings. The summed E-state index contributed by atoms with van der Waals surface area (Å²) in [5.74, 6) is -1.96. The van der Waals surface area contributed by atoms with Crippen LogP contribution in [0.1, 0.15) is 50.5 Å². The van der Waals surface area contributed by atoms with E-state index in [4.69, 9.17) is 16.3 Å². The molecule has 1 aromatic carbocycles. The molecule has 3 aliphatic heterocycles. The lowest BCUT2D eigenvalue weighted by atomic mass is 9.74. The summed E-state index contributed by atoms with van der Waals surface area (Å²) in [6, 6.07) is 4.81. The Morgan fingerprint density at radius 2 is 1.88 bits per heavy atom. The molecule has 2 bridgehead atoms. The molecule has 1 spiro atoms. The molecule has 2 saturated heterocycles. The van der Waals surface area contributed by atoms with Gasteiger partial charge in [0.2, 0.25) is 17.7 Å². The number of aryl methyl sites for hydroxylation is 1. The smallest absolute Gasteiger partial charge is 0.246 e. The molecule has 2 aliphatic carbocycles. The van der Waals surface area contributed by atoms with Gasteiger partial charge in [-0.05, 0) is 50.3 Å². The number of fused-ring (bicyclic) bond motifs is 1. The van der Waals surface area contributed by atoms with Crippen LogP contribution in [0.4, 0.5) is 5.69 Å². The summed E-state index contributed by atoms with van der Waals surface area (Å²) in [6.07, 6.45) is 10.3. The number of hydrogen-bond acceptors (Lipinski definition) is 4. The number of rotatable bonds is 5. The van der Waals surface area contributed by atoms with Gasteiger partial charge in [-0.15, -0.1) is 0 Å². The fourth-order valence-corrected chi connectivity index (χ4v) is 6.56. The summed E-state index contributed by atoms with van der Waals surface area (Å²) in [7, 11) is 0. The minimum atomic E-state index is -1.09. The molecule has 8 heteroatoms. The average molecular weight is 484 g/mol. The van der Waals surface area contributed by atoms with E-state index < -0.39 is 29.6 Å². The Morgan fingerprint density at radius 1 is 1.12 bits per heavy atom. The number of amides is 3. The fraction of sp³-hybridized carbons (Fsp3) is 0.577. The molecule has 5 aliphatic rings. The van der Waals surface area contributed by atoms with Gasteiger partial charge in [-0.25, -0.2) is 0 Å². The molecule has 3 heterocycles. The van der Waals surface area contributed by atoms with Crippen molar-refractivity contribution in [1.29, 1.82) is 0 Å². The van der Waals surface area contributed by atoms with E-state index in [0.717, 1.165) is 44.1 Å². The Labute approximate surface area is 204 Å². The molecule has 2 saturated carbocycles. The van der Waals surface area contributed by atoms with Crippen LogP contribution >= 0.6 is 11.6 Å². The first-order valence-electron chi connectivity index (χ1n) is 12.5. The zero-order valence-electron chi connectivity index (χ0n) is 19.3. The topological polar surface area (TPSA) is 87.7 Å². The van der Waals surface area contributed by atoms with Crippen LogP contribution in [0.15, 0.2) is 30.4 Å². The number of benzene rings is 1. The summed E-state index contributed by atoms with van der Waals surface area (Å²) in [4.78, 5) is 42.6. The summed E-state index contributed by atoms with van der Waals surface area (Å²) in [5.41, 5.74) is 0.413. The molecule has 180 valence electrons. The third kappa shape index (κ3) is 3.39. The second kappa shape index (κ2) is 8.09. The van der Waals surface area contributed by atoms with Crippen molar-refractivity contribution >= 4 is 35.0 Å². The van der Waals surface area contributed by atoms with Gasteiger partial charge in [0.15, 0.2) is 0 Å². The first-order valence-corrected chi connectivity index (χ1v) is 12.8. The summed E-state index contributed by atoms with van der Waals surface area (Å²) < 4.78 is 6.38. The van der Waals surface area contributed by atoms with Gasteiger partial charge in [-0.1, -0.05) is 49.1 Å². The molecule has 6 rings (SSSR count). The van der Waals surface area contributed by atoms with E-state index >= 15 is 0 Å². The summed E-state index contributed by atoms with van der Waals surface area (Å²) >= 11 is 6.23. The summed E-state index contributed by atoms with van der Waals surface area (Å²) in [5, 5.41) is 6.71. The predicted octanol–water partition coefficient (Wildman–Crippen LogP) is 3.35. The Morgan fingerprint density at radius 3 is 2.59 bits per heavy atom. The molecular weight excluding hydrogens is 454 g/mol. The standard InChI is InChI=1S/C26H30ClN3O4/c1-14-7-8-16(13-18(14)27)29-23(31)20-19-11-12-26(34-19)21(20)25(33)30(17-9-10-17)22(26)24(32)28-15-5-3-2-4-6-15/h7-8,11-13,15,17,19-22H,2-6,9-10H2,1H3,(H,28,32)(H,29,31). The van der Waals surface area contributed by atoms with Crippen LogP contribution < -0.4 is 10.6 Å². The monoisotopic (exact) mass is 483 g/mol. The minimum Gasteiger partial charge on any atom is -0.359 e. The molecule has 3 amide bonds. The maximum atomic E-state index is 13.8. The third-order valence-electron chi connectivity index (χ3n) is 8.19.